The minimum absolute atomic E-state index is 0.0626. The summed E-state index contributed by atoms with van der Waals surface area (Å²) < 4.78 is 4.30. The Morgan fingerprint density at radius 2 is 2.23 bits per heavy atom. The number of aromatic amines is 1. The van der Waals surface area contributed by atoms with Crippen LogP contribution in [-0.2, 0) is 4.74 Å². The van der Waals surface area contributed by atoms with Gasteiger partial charge in [-0.25, -0.2) is 4.79 Å². The predicted octanol–water partition coefficient (Wildman–Crippen LogP) is -0.429. The average molecular weight is 184 g/mol. The van der Waals surface area contributed by atoms with Gasteiger partial charge in [0.25, 0.3) is 5.56 Å². The Labute approximate surface area is 73.2 Å². The molecule has 0 bridgehead atoms. The standard InChI is InChI=1S/C7H8N2O4/c1-3-5(10)8-4(7(12)13-2)9-6(3)11/h1-2H3,(H2,8,9,10,11). The molecule has 0 fully saturated rings. The van der Waals surface area contributed by atoms with Crippen molar-refractivity contribution >= 4 is 5.97 Å². The summed E-state index contributed by atoms with van der Waals surface area (Å²) >= 11 is 0. The van der Waals surface area contributed by atoms with Crippen LogP contribution in [0.1, 0.15) is 16.2 Å². The molecule has 6 heteroatoms. The normalized spacial score (nSPS) is 9.69. The Morgan fingerprint density at radius 1 is 1.62 bits per heavy atom. The number of methoxy groups -OCH3 is 1. The Bertz CT molecular complexity index is 396. The number of nitrogens with one attached hydrogen (secondary N) is 1. The summed E-state index contributed by atoms with van der Waals surface area (Å²) in [4.78, 5) is 27.5. The first-order valence-corrected chi connectivity index (χ1v) is 3.44. The van der Waals surface area contributed by atoms with E-state index in [1.165, 1.54) is 6.92 Å². The molecule has 0 aliphatic rings. The second-order valence-electron chi connectivity index (χ2n) is 2.35. The van der Waals surface area contributed by atoms with Crippen molar-refractivity contribution in [3.63, 3.8) is 0 Å². The van der Waals surface area contributed by atoms with Crippen LogP contribution in [0.25, 0.3) is 0 Å². The van der Waals surface area contributed by atoms with Gasteiger partial charge in [-0.2, -0.15) is 4.98 Å². The maximum Gasteiger partial charge on any atom is 0.374 e. The first kappa shape index (κ1) is 9.24. The van der Waals surface area contributed by atoms with E-state index in [9.17, 15) is 9.59 Å². The van der Waals surface area contributed by atoms with Crippen LogP contribution in [0.5, 0.6) is 5.88 Å². The van der Waals surface area contributed by atoms with Crippen molar-refractivity contribution in [2.24, 2.45) is 0 Å². The minimum atomic E-state index is -0.799. The fourth-order valence-electron chi connectivity index (χ4n) is 0.714. The van der Waals surface area contributed by atoms with Gasteiger partial charge in [0.15, 0.2) is 0 Å². The molecule has 1 aromatic rings. The third kappa shape index (κ3) is 1.66. The smallest absolute Gasteiger partial charge is 0.374 e. The summed E-state index contributed by atoms with van der Waals surface area (Å²) in [5.74, 6) is -1.58. The van der Waals surface area contributed by atoms with Crippen LogP contribution < -0.4 is 5.56 Å². The minimum Gasteiger partial charge on any atom is -0.493 e. The van der Waals surface area contributed by atoms with Crippen LogP contribution in [0.2, 0.25) is 0 Å². The number of aromatic hydroxyl groups is 1. The lowest BCUT2D eigenvalue weighted by molar-refractivity contribution is 0.0585. The molecular weight excluding hydrogens is 176 g/mol. The fraction of sp³-hybridized carbons (Fsp3) is 0.286. The van der Waals surface area contributed by atoms with E-state index < -0.39 is 17.4 Å². The van der Waals surface area contributed by atoms with E-state index in [0.717, 1.165) is 7.11 Å². The first-order valence-electron chi connectivity index (χ1n) is 3.44. The molecule has 0 amide bonds. The van der Waals surface area contributed by atoms with Gasteiger partial charge in [0.2, 0.25) is 11.7 Å². The molecular formula is C7H8N2O4. The van der Waals surface area contributed by atoms with Crippen molar-refractivity contribution in [2.45, 2.75) is 6.92 Å². The largest absolute Gasteiger partial charge is 0.493 e. The molecule has 0 spiro atoms. The summed E-state index contributed by atoms with van der Waals surface area (Å²) in [5.41, 5.74) is -0.499. The average Bonchev–Trinajstić information content (AvgIpc) is 2.12. The number of aromatic nitrogens is 2. The highest BCUT2D eigenvalue weighted by Gasteiger charge is 2.12. The van der Waals surface area contributed by atoms with Crippen LogP contribution in [0.15, 0.2) is 4.79 Å². The zero-order valence-electron chi connectivity index (χ0n) is 7.12. The van der Waals surface area contributed by atoms with Gasteiger partial charge < -0.3 is 14.8 Å². The third-order valence-corrected chi connectivity index (χ3v) is 1.50. The number of rotatable bonds is 1. The van der Waals surface area contributed by atoms with Crippen LogP contribution in [0.3, 0.4) is 0 Å². The van der Waals surface area contributed by atoms with E-state index in [2.05, 4.69) is 14.7 Å². The lowest BCUT2D eigenvalue weighted by Crippen LogP contribution is -2.18. The zero-order chi connectivity index (χ0) is 10.0. The van der Waals surface area contributed by atoms with E-state index >= 15 is 0 Å². The van der Waals surface area contributed by atoms with Crippen LogP contribution in [-0.4, -0.2) is 28.2 Å². The Morgan fingerprint density at radius 3 is 2.69 bits per heavy atom. The highest BCUT2D eigenvalue weighted by atomic mass is 16.5. The summed E-state index contributed by atoms with van der Waals surface area (Å²) in [7, 11) is 1.15. The number of ether oxygens (including phenoxy) is 1. The maximum atomic E-state index is 11.0. The number of hydrogen-bond acceptors (Lipinski definition) is 5. The van der Waals surface area contributed by atoms with E-state index in [-0.39, 0.29) is 11.4 Å². The lowest BCUT2D eigenvalue weighted by atomic mass is 10.3. The molecule has 0 atom stereocenters. The van der Waals surface area contributed by atoms with E-state index in [1.807, 2.05) is 0 Å². The van der Waals surface area contributed by atoms with Gasteiger partial charge >= 0.3 is 5.97 Å². The number of esters is 1. The number of carbonyl (C=O) groups is 1. The molecule has 0 unspecified atom stereocenters. The monoisotopic (exact) mass is 184 g/mol. The Hall–Kier alpha value is -1.85. The number of carbonyl (C=O) groups excluding carboxylic acids is 1. The number of nitrogens with zero attached hydrogens (tertiary/aromatic N) is 1. The van der Waals surface area contributed by atoms with Gasteiger partial charge in [-0.1, -0.05) is 0 Å². The van der Waals surface area contributed by atoms with E-state index in [1.54, 1.807) is 0 Å². The van der Waals surface area contributed by atoms with Gasteiger partial charge in [-0.05, 0) is 6.92 Å². The van der Waals surface area contributed by atoms with Gasteiger partial charge in [0.05, 0.1) is 12.7 Å². The second kappa shape index (κ2) is 3.26. The molecule has 0 aliphatic carbocycles. The molecule has 0 saturated carbocycles. The molecule has 6 nitrogen and oxygen atoms in total. The molecule has 0 saturated heterocycles. The van der Waals surface area contributed by atoms with E-state index in [4.69, 9.17) is 5.11 Å². The van der Waals surface area contributed by atoms with Crippen molar-refractivity contribution in [1.82, 2.24) is 9.97 Å². The van der Waals surface area contributed by atoms with Crippen molar-refractivity contribution in [3.8, 4) is 5.88 Å². The first-order chi connectivity index (χ1) is 6.06. The van der Waals surface area contributed by atoms with Gasteiger partial charge in [0.1, 0.15) is 0 Å². The van der Waals surface area contributed by atoms with Crippen LogP contribution in [0.4, 0.5) is 0 Å². The third-order valence-electron chi connectivity index (χ3n) is 1.50. The van der Waals surface area contributed by atoms with Crippen molar-refractivity contribution < 1.29 is 14.6 Å². The Balaban J connectivity index is 3.29. The topological polar surface area (TPSA) is 92.3 Å². The molecule has 1 aromatic heterocycles. The fourth-order valence-corrected chi connectivity index (χ4v) is 0.714. The van der Waals surface area contributed by atoms with Crippen molar-refractivity contribution in [2.75, 3.05) is 7.11 Å². The Kier molecular flexibility index (Phi) is 2.32. The summed E-state index contributed by atoms with van der Waals surface area (Å²) in [6.07, 6.45) is 0. The quantitative estimate of drug-likeness (QED) is 0.578. The molecule has 1 rings (SSSR count). The number of hydrogen-bond donors (Lipinski definition) is 2. The molecule has 0 radical (unpaired) electrons. The summed E-state index contributed by atoms with van der Waals surface area (Å²) in [5, 5.41) is 9.09. The molecule has 0 aliphatic heterocycles. The maximum absolute atomic E-state index is 11.0. The summed E-state index contributed by atoms with van der Waals surface area (Å²) in [6, 6.07) is 0. The highest BCUT2D eigenvalue weighted by molar-refractivity contribution is 5.85. The summed E-state index contributed by atoms with van der Waals surface area (Å²) in [6.45, 7) is 1.39. The van der Waals surface area contributed by atoms with Crippen LogP contribution in [0, 0.1) is 6.92 Å². The molecule has 13 heavy (non-hydrogen) atoms. The molecule has 70 valence electrons. The highest BCUT2D eigenvalue weighted by Crippen LogP contribution is 2.05. The molecule has 0 aromatic carbocycles. The van der Waals surface area contributed by atoms with Gasteiger partial charge in [-0.3, -0.25) is 4.79 Å². The van der Waals surface area contributed by atoms with Crippen LogP contribution >= 0.6 is 0 Å². The van der Waals surface area contributed by atoms with Crippen molar-refractivity contribution in [3.05, 3.63) is 21.7 Å². The predicted molar refractivity (Wildman–Crippen MR) is 42.6 cm³/mol. The lowest BCUT2D eigenvalue weighted by Gasteiger charge is -2.00. The van der Waals surface area contributed by atoms with Gasteiger partial charge in [0, 0.05) is 0 Å². The second-order valence-corrected chi connectivity index (χ2v) is 2.35. The van der Waals surface area contributed by atoms with Gasteiger partial charge in [-0.15, -0.1) is 0 Å². The molecule has 2 N–H and O–H groups in total. The van der Waals surface area contributed by atoms with Crippen molar-refractivity contribution in [1.29, 1.82) is 0 Å². The zero-order valence-corrected chi connectivity index (χ0v) is 7.12. The number of H-pyrrole nitrogens is 1. The molecule has 1 heterocycles. The SMILES string of the molecule is COC(=O)c1nc(O)c(C)c(=O)[nH]1. The van der Waals surface area contributed by atoms with E-state index in [0.29, 0.717) is 0 Å².